The first-order chi connectivity index (χ1) is 9.74. The van der Waals surface area contributed by atoms with Crippen molar-refractivity contribution in [1.29, 1.82) is 0 Å². The first-order valence-corrected chi connectivity index (χ1v) is 8.46. The first-order valence-electron chi connectivity index (χ1n) is 8.46. The fourth-order valence-electron chi connectivity index (χ4n) is 2.50. The second-order valence-electron chi connectivity index (χ2n) is 5.89. The lowest BCUT2D eigenvalue weighted by Crippen LogP contribution is -1.93. The van der Waals surface area contributed by atoms with E-state index in [0.717, 1.165) is 17.9 Å². The molecule has 0 fully saturated rings. The van der Waals surface area contributed by atoms with E-state index < -0.39 is 6.10 Å². The molecule has 0 saturated heterocycles. The predicted molar refractivity (Wildman–Crippen MR) is 84.8 cm³/mol. The van der Waals surface area contributed by atoms with Crippen molar-refractivity contribution in [3.05, 3.63) is 17.7 Å². The maximum absolute atomic E-state index is 9.41. The summed E-state index contributed by atoms with van der Waals surface area (Å²) in [6.07, 6.45) is 15.9. The second kappa shape index (κ2) is 10.9. The summed E-state index contributed by atoms with van der Waals surface area (Å²) in [5.74, 6) is 1.01. The smallest absolute Gasteiger partial charge is 0.106 e. The van der Waals surface area contributed by atoms with Gasteiger partial charge < -0.3 is 10.1 Å². The summed E-state index contributed by atoms with van der Waals surface area (Å²) in [5.41, 5.74) is 0.826. The standard InChI is InChI=1S/C17H32N2O/c1-3-4-5-6-7-8-9-10-11-12-13-17-18-14-16(19-17)15(2)20/h14-15,20H,3-13H2,1-2H3,(H,18,19). The van der Waals surface area contributed by atoms with Gasteiger partial charge >= 0.3 is 0 Å². The zero-order valence-electron chi connectivity index (χ0n) is 13.3. The minimum absolute atomic E-state index is 0.441. The van der Waals surface area contributed by atoms with E-state index in [-0.39, 0.29) is 0 Å². The van der Waals surface area contributed by atoms with E-state index in [4.69, 9.17) is 0 Å². The van der Waals surface area contributed by atoms with Gasteiger partial charge in [-0.1, -0.05) is 64.7 Å². The van der Waals surface area contributed by atoms with Gasteiger partial charge in [-0.15, -0.1) is 0 Å². The molecule has 1 aromatic heterocycles. The van der Waals surface area contributed by atoms with Gasteiger partial charge in [-0.2, -0.15) is 0 Å². The topological polar surface area (TPSA) is 48.9 Å². The number of aliphatic hydroxyl groups is 1. The predicted octanol–water partition coefficient (Wildman–Crippen LogP) is 4.93. The van der Waals surface area contributed by atoms with Gasteiger partial charge in [0.2, 0.25) is 0 Å². The fourth-order valence-corrected chi connectivity index (χ4v) is 2.50. The van der Waals surface area contributed by atoms with Gasteiger partial charge in [-0.3, -0.25) is 0 Å². The monoisotopic (exact) mass is 280 g/mol. The summed E-state index contributed by atoms with van der Waals surface area (Å²) in [6.45, 7) is 4.03. The molecule has 3 heteroatoms. The normalized spacial score (nSPS) is 12.8. The van der Waals surface area contributed by atoms with Crippen LogP contribution in [0.3, 0.4) is 0 Å². The molecule has 0 aliphatic carbocycles. The number of H-pyrrole nitrogens is 1. The molecule has 1 unspecified atom stereocenters. The lowest BCUT2D eigenvalue weighted by Gasteiger charge is -2.02. The van der Waals surface area contributed by atoms with Crippen LogP contribution in [-0.2, 0) is 6.42 Å². The highest BCUT2D eigenvalue weighted by Gasteiger charge is 2.04. The van der Waals surface area contributed by atoms with E-state index in [9.17, 15) is 5.11 Å². The summed E-state index contributed by atoms with van der Waals surface area (Å²) in [7, 11) is 0. The van der Waals surface area contributed by atoms with Crippen LogP contribution in [0.1, 0.15) is 95.7 Å². The summed E-state index contributed by atoms with van der Waals surface area (Å²) >= 11 is 0. The highest BCUT2D eigenvalue weighted by molar-refractivity contribution is 5.03. The van der Waals surface area contributed by atoms with Crippen LogP contribution < -0.4 is 0 Å². The van der Waals surface area contributed by atoms with E-state index in [1.165, 1.54) is 64.2 Å². The Bertz CT molecular complexity index is 333. The van der Waals surface area contributed by atoms with Crippen molar-refractivity contribution >= 4 is 0 Å². The Labute approximate surface area is 124 Å². The quantitative estimate of drug-likeness (QED) is 0.533. The molecule has 1 heterocycles. The Morgan fingerprint density at radius 2 is 1.55 bits per heavy atom. The van der Waals surface area contributed by atoms with Crippen LogP contribution in [0.15, 0.2) is 6.20 Å². The number of hydrogen-bond donors (Lipinski definition) is 2. The van der Waals surface area contributed by atoms with Crippen molar-refractivity contribution in [2.45, 2.75) is 90.6 Å². The fraction of sp³-hybridized carbons (Fsp3) is 0.824. The van der Waals surface area contributed by atoms with E-state index in [1.807, 2.05) is 0 Å². The lowest BCUT2D eigenvalue weighted by atomic mass is 10.1. The van der Waals surface area contributed by atoms with Crippen molar-refractivity contribution in [3.63, 3.8) is 0 Å². The van der Waals surface area contributed by atoms with E-state index in [0.29, 0.717) is 0 Å². The third-order valence-corrected chi connectivity index (χ3v) is 3.87. The minimum atomic E-state index is -0.441. The number of nitrogens with one attached hydrogen (secondary N) is 1. The molecule has 3 nitrogen and oxygen atoms in total. The van der Waals surface area contributed by atoms with Gasteiger partial charge in [-0.25, -0.2) is 4.98 Å². The van der Waals surface area contributed by atoms with Crippen LogP contribution in [0.25, 0.3) is 0 Å². The Balaban J connectivity index is 1.91. The van der Waals surface area contributed by atoms with Crippen LogP contribution in [0.5, 0.6) is 0 Å². The largest absolute Gasteiger partial charge is 0.387 e. The molecule has 1 aromatic rings. The van der Waals surface area contributed by atoms with Crippen molar-refractivity contribution in [2.75, 3.05) is 0 Å². The first kappa shape index (κ1) is 17.2. The van der Waals surface area contributed by atoms with E-state index >= 15 is 0 Å². The summed E-state index contributed by atoms with van der Waals surface area (Å²) in [4.78, 5) is 7.48. The molecule has 1 atom stereocenters. The van der Waals surface area contributed by atoms with Crippen molar-refractivity contribution < 1.29 is 5.11 Å². The maximum atomic E-state index is 9.41. The molecule has 0 saturated carbocycles. The number of nitrogens with zero attached hydrogens (tertiary/aromatic N) is 1. The van der Waals surface area contributed by atoms with Crippen LogP contribution in [0.4, 0.5) is 0 Å². The van der Waals surface area contributed by atoms with E-state index in [2.05, 4.69) is 16.9 Å². The number of hydrogen-bond acceptors (Lipinski definition) is 2. The van der Waals surface area contributed by atoms with Crippen LogP contribution in [0.2, 0.25) is 0 Å². The summed E-state index contributed by atoms with van der Waals surface area (Å²) in [6, 6.07) is 0. The number of aromatic nitrogens is 2. The van der Waals surface area contributed by atoms with Crippen LogP contribution >= 0.6 is 0 Å². The van der Waals surface area contributed by atoms with Crippen molar-refractivity contribution in [3.8, 4) is 0 Å². The lowest BCUT2D eigenvalue weighted by molar-refractivity contribution is 0.194. The minimum Gasteiger partial charge on any atom is -0.387 e. The van der Waals surface area contributed by atoms with Crippen LogP contribution in [-0.4, -0.2) is 15.1 Å². The number of aromatic amines is 1. The van der Waals surface area contributed by atoms with Gasteiger partial charge in [0.15, 0.2) is 0 Å². The molecule has 0 spiro atoms. The average molecular weight is 280 g/mol. The molecule has 0 radical (unpaired) electrons. The van der Waals surface area contributed by atoms with Gasteiger partial charge in [0.1, 0.15) is 5.82 Å². The summed E-state index contributed by atoms with van der Waals surface area (Å²) in [5, 5.41) is 9.41. The molecular weight excluding hydrogens is 248 g/mol. The Morgan fingerprint density at radius 1 is 1.00 bits per heavy atom. The third kappa shape index (κ3) is 7.68. The molecule has 116 valence electrons. The third-order valence-electron chi connectivity index (χ3n) is 3.87. The average Bonchev–Trinajstić information content (AvgIpc) is 2.90. The zero-order valence-corrected chi connectivity index (χ0v) is 13.3. The van der Waals surface area contributed by atoms with Gasteiger partial charge in [-0.05, 0) is 13.3 Å². The molecule has 0 amide bonds. The maximum Gasteiger partial charge on any atom is 0.106 e. The second-order valence-corrected chi connectivity index (χ2v) is 5.89. The van der Waals surface area contributed by atoms with Crippen molar-refractivity contribution in [2.24, 2.45) is 0 Å². The molecule has 20 heavy (non-hydrogen) atoms. The van der Waals surface area contributed by atoms with Crippen molar-refractivity contribution in [1.82, 2.24) is 9.97 Å². The number of unbranched alkanes of at least 4 members (excludes halogenated alkanes) is 9. The molecule has 0 aliphatic heterocycles. The van der Waals surface area contributed by atoms with Gasteiger partial charge in [0.25, 0.3) is 0 Å². The zero-order chi connectivity index (χ0) is 14.6. The molecule has 2 N–H and O–H groups in total. The number of aryl methyl sites for hydroxylation is 1. The molecule has 0 bridgehead atoms. The highest BCUT2D eigenvalue weighted by atomic mass is 16.3. The number of aliphatic hydroxyl groups excluding tert-OH is 1. The molecule has 0 aromatic carbocycles. The van der Waals surface area contributed by atoms with Gasteiger partial charge in [0.05, 0.1) is 18.0 Å². The SMILES string of the molecule is CCCCCCCCCCCCc1ncc(C(C)O)[nH]1. The summed E-state index contributed by atoms with van der Waals surface area (Å²) < 4.78 is 0. The Morgan fingerprint density at radius 3 is 2.05 bits per heavy atom. The Hall–Kier alpha value is -0.830. The van der Waals surface area contributed by atoms with Crippen LogP contribution in [0, 0.1) is 0 Å². The molecule has 0 aliphatic rings. The number of rotatable bonds is 12. The number of imidazole rings is 1. The molecule has 1 rings (SSSR count). The van der Waals surface area contributed by atoms with Gasteiger partial charge in [0, 0.05) is 6.42 Å². The Kier molecular flexibility index (Phi) is 9.38. The van der Waals surface area contributed by atoms with E-state index in [1.54, 1.807) is 13.1 Å². The molecular formula is C17H32N2O. The highest BCUT2D eigenvalue weighted by Crippen LogP contribution is 2.13.